The standard InChI is InChI=1S/C19H15IN4O5/c20-17-13(26)4-3-10-7-24(18(27)16(10)17)8-12(23-19(28)22-9-25)15-6-11-14(29-15)2-1-5-21-11/h1-6,9,12,26H,7-8H2,(H2,22,23,25,28)/t12-/m0/s1. The minimum absolute atomic E-state index is 0.0444. The number of pyridine rings is 1. The van der Waals surface area contributed by atoms with Crippen LogP contribution >= 0.6 is 22.6 Å². The molecule has 1 aromatic carbocycles. The Labute approximate surface area is 178 Å². The molecule has 0 saturated carbocycles. The highest BCUT2D eigenvalue weighted by Gasteiger charge is 2.33. The van der Waals surface area contributed by atoms with Crippen LogP contribution in [0.2, 0.25) is 0 Å². The lowest BCUT2D eigenvalue weighted by molar-refractivity contribution is -0.108. The molecule has 3 N–H and O–H groups in total. The summed E-state index contributed by atoms with van der Waals surface area (Å²) in [5.74, 6) is 0.195. The smallest absolute Gasteiger partial charge is 0.321 e. The number of nitrogens with zero attached hydrogens (tertiary/aromatic N) is 2. The lowest BCUT2D eigenvalue weighted by atomic mass is 10.1. The monoisotopic (exact) mass is 506 g/mol. The van der Waals surface area contributed by atoms with Crippen molar-refractivity contribution in [2.45, 2.75) is 12.6 Å². The second-order valence-corrected chi connectivity index (χ2v) is 7.52. The molecule has 1 aliphatic rings. The van der Waals surface area contributed by atoms with Crippen molar-refractivity contribution in [3.63, 3.8) is 0 Å². The van der Waals surface area contributed by atoms with Crippen molar-refractivity contribution in [3.8, 4) is 5.75 Å². The van der Waals surface area contributed by atoms with Gasteiger partial charge in [0, 0.05) is 25.4 Å². The third kappa shape index (κ3) is 3.62. The van der Waals surface area contributed by atoms with E-state index in [1.54, 1.807) is 41.4 Å². The van der Waals surface area contributed by atoms with Gasteiger partial charge >= 0.3 is 6.03 Å². The largest absolute Gasteiger partial charge is 0.507 e. The fourth-order valence-electron chi connectivity index (χ4n) is 3.29. The summed E-state index contributed by atoms with van der Waals surface area (Å²) in [6.07, 6.45) is 1.90. The minimum atomic E-state index is -0.714. The van der Waals surface area contributed by atoms with Gasteiger partial charge in [0.2, 0.25) is 6.41 Å². The first-order chi connectivity index (χ1) is 14.0. The van der Waals surface area contributed by atoms with Crippen LogP contribution in [-0.4, -0.2) is 39.9 Å². The number of fused-ring (bicyclic) bond motifs is 2. The van der Waals surface area contributed by atoms with E-state index < -0.39 is 12.1 Å². The summed E-state index contributed by atoms with van der Waals surface area (Å²) in [5.41, 5.74) is 2.40. The molecule has 29 heavy (non-hydrogen) atoms. The zero-order valence-electron chi connectivity index (χ0n) is 14.9. The van der Waals surface area contributed by atoms with Crippen molar-refractivity contribution < 1.29 is 23.9 Å². The van der Waals surface area contributed by atoms with Crippen molar-refractivity contribution >= 4 is 52.0 Å². The van der Waals surface area contributed by atoms with Gasteiger partial charge in [-0.15, -0.1) is 0 Å². The quantitative estimate of drug-likeness (QED) is 0.361. The summed E-state index contributed by atoms with van der Waals surface area (Å²) < 4.78 is 6.29. The van der Waals surface area contributed by atoms with Gasteiger partial charge in [-0.25, -0.2) is 4.79 Å². The molecule has 2 aromatic heterocycles. The van der Waals surface area contributed by atoms with E-state index in [1.165, 1.54) is 0 Å². The van der Waals surface area contributed by atoms with Crippen molar-refractivity contribution in [1.82, 2.24) is 20.5 Å². The summed E-state index contributed by atoms with van der Waals surface area (Å²) in [5, 5.41) is 14.6. The Morgan fingerprint density at radius 2 is 2.24 bits per heavy atom. The molecule has 0 aliphatic carbocycles. The van der Waals surface area contributed by atoms with E-state index in [4.69, 9.17) is 4.42 Å². The van der Waals surface area contributed by atoms with Gasteiger partial charge in [-0.1, -0.05) is 6.07 Å². The third-order valence-electron chi connectivity index (χ3n) is 4.62. The molecular weight excluding hydrogens is 491 g/mol. The average Bonchev–Trinajstić information content (AvgIpc) is 3.26. The molecule has 0 spiro atoms. The number of phenols is 1. The lowest BCUT2D eigenvalue weighted by Crippen LogP contribution is -2.42. The Morgan fingerprint density at radius 1 is 1.41 bits per heavy atom. The molecule has 1 atom stereocenters. The van der Waals surface area contributed by atoms with Gasteiger partial charge in [0.25, 0.3) is 5.91 Å². The van der Waals surface area contributed by atoms with Crippen molar-refractivity contribution in [3.05, 3.63) is 57.0 Å². The van der Waals surface area contributed by atoms with Gasteiger partial charge in [0.05, 0.1) is 9.13 Å². The Hall–Kier alpha value is -3.15. The van der Waals surface area contributed by atoms with Gasteiger partial charge in [0.15, 0.2) is 5.58 Å². The number of benzene rings is 1. The number of aromatic nitrogens is 1. The second kappa shape index (κ2) is 7.70. The number of phenolic OH excluding ortho intramolecular Hbond substituents is 1. The van der Waals surface area contributed by atoms with Gasteiger partial charge < -0.3 is 19.7 Å². The maximum absolute atomic E-state index is 12.9. The molecule has 0 unspecified atom stereocenters. The molecule has 3 aromatic rings. The molecule has 0 radical (unpaired) electrons. The van der Waals surface area contributed by atoms with Crippen LogP contribution in [0, 0.1) is 3.57 Å². The number of amides is 4. The fourth-order valence-corrected chi connectivity index (χ4v) is 4.05. The molecule has 0 fully saturated rings. The SMILES string of the molecule is O=CNC(=O)N[C@@H](CN1Cc2ccc(O)c(I)c2C1=O)c1cc2ncccc2o1. The van der Waals surface area contributed by atoms with Crippen molar-refractivity contribution in [1.29, 1.82) is 0 Å². The zero-order valence-corrected chi connectivity index (χ0v) is 17.0. The first-order valence-corrected chi connectivity index (χ1v) is 9.70. The highest BCUT2D eigenvalue weighted by molar-refractivity contribution is 14.1. The molecule has 3 heterocycles. The predicted octanol–water partition coefficient (Wildman–Crippen LogP) is 2.29. The van der Waals surface area contributed by atoms with Crippen LogP contribution in [-0.2, 0) is 11.3 Å². The molecule has 4 amide bonds. The molecular formula is C19H15IN4O5. The normalized spacial score (nSPS) is 14.0. The summed E-state index contributed by atoms with van der Waals surface area (Å²) in [4.78, 5) is 41.2. The highest BCUT2D eigenvalue weighted by atomic mass is 127. The number of furan rings is 1. The van der Waals surface area contributed by atoms with Crippen LogP contribution in [0.5, 0.6) is 5.75 Å². The number of nitrogens with one attached hydrogen (secondary N) is 2. The number of aromatic hydroxyl groups is 1. The Balaban J connectivity index is 1.63. The van der Waals surface area contributed by atoms with Gasteiger partial charge in [-0.3, -0.25) is 19.9 Å². The Bertz CT molecular complexity index is 1100. The summed E-state index contributed by atoms with van der Waals surface area (Å²) >= 11 is 1.94. The number of hydrogen-bond acceptors (Lipinski definition) is 6. The molecule has 9 nitrogen and oxygen atoms in total. The van der Waals surface area contributed by atoms with Crippen LogP contribution in [0.3, 0.4) is 0 Å². The molecule has 148 valence electrons. The van der Waals surface area contributed by atoms with Gasteiger partial charge in [-0.05, 0) is 46.4 Å². The van der Waals surface area contributed by atoms with Crippen LogP contribution in [0.4, 0.5) is 4.79 Å². The summed E-state index contributed by atoms with van der Waals surface area (Å²) in [7, 11) is 0. The van der Waals surface area contributed by atoms with E-state index >= 15 is 0 Å². The average molecular weight is 506 g/mol. The number of hydrogen-bond donors (Lipinski definition) is 3. The van der Waals surface area contributed by atoms with Crippen LogP contribution in [0.15, 0.2) is 40.9 Å². The molecule has 0 saturated heterocycles. The van der Waals surface area contributed by atoms with Gasteiger partial charge in [0.1, 0.15) is 23.1 Å². The molecule has 1 aliphatic heterocycles. The Kier molecular flexibility index (Phi) is 5.09. The van der Waals surface area contributed by atoms with E-state index in [0.29, 0.717) is 32.5 Å². The maximum Gasteiger partial charge on any atom is 0.321 e. The first kappa shape index (κ1) is 19.2. The maximum atomic E-state index is 12.9. The van der Waals surface area contributed by atoms with Crippen LogP contribution < -0.4 is 10.6 Å². The lowest BCUT2D eigenvalue weighted by Gasteiger charge is -2.23. The minimum Gasteiger partial charge on any atom is -0.507 e. The first-order valence-electron chi connectivity index (χ1n) is 8.62. The fraction of sp³-hybridized carbons (Fsp3) is 0.158. The third-order valence-corrected chi connectivity index (χ3v) is 5.71. The zero-order chi connectivity index (χ0) is 20.5. The summed E-state index contributed by atoms with van der Waals surface area (Å²) in [6.45, 7) is 0.437. The van der Waals surface area contributed by atoms with Gasteiger partial charge in [-0.2, -0.15) is 0 Å². The number of urea groups is 1. The predicted molar refractivity (Wildman–Crippen MR) is 110 cm³/mol. The number of rotatable bonds is 5. The second-order valence-electron chi connectivity index (χ2n) is 6.44. The Morgan fingerprint density at radius 3 is 3.00 bits per heavy atom. The van der Waals surface area contributed by atoms with E-state index in [-0.39, 0.29) is 24.6 Å². The van der Waals surface area contributed by atoms with E-state index in [2.05, 4.69) is 10.3 Å². The topological polar surface area (TPSA) is 125 Å². The van der Waals surface area contributed by atoms with Crippen molar-refractivity contribution in [2.24, 2.45) is 0 Å². The van der Waals surface area contributed by atoms with Crippen molar-refractivity contribution in [2.75, 3.05) is 6.54 Å². The number of carbonyl (C=O) groups is 3. The number of halogens is 1. The number of imide groups is 1. The molecule has 4 rings (SSSR count). The van der Waals surface area contributed by atoms with E-state index in [0.717, 1.165) is 5.56 Å². The van der Waals surface area contributed by atoms with E-state index in [1.807, 2.05) is 27.9 Å². The number of carbonyl (C=O) groups excluding carboxylic acids is 3. The van der Waals surface area contributed by atoms with Crippen LogP contribution in [0.1, 0.15) is 27.7 Å². The molecule has 10 heteroatoms. The van der Waals surface area contributed by atoms with Crippen LogP contribution in [0.25, 0.3) is 11.1 Å². The molecule has 0 bridgehead atoms. The van der Waals surface area contributed by atoms with E-state index in [9.17, 15) is 19.5 Å². The summed E-state index contributed by atoms with van der Waals surface area (Å²) in [6, 6.07) is 6.99. The highest BCUT2D eigenvalue weighted by Crippen LogP contribution is 2.34.